The zero-order valence-corrected chi connectivity index (χ0v) is 17.2. The van der Waals surface area contributed by atoms with Gasteiger partial charge in [0, 0.05) is 6.42 Å². The number of esters is 1. The number of carbonyl (C=O) groups is 1. The van der Waals surface area contributed by atoms with E-state index in [1.807, 2.05) is 0 Å². The molecule has 0 heterocycles. The summed E-state index contributed by atoms with van der Waals surface area (Å²) in [6.45, 7) is 9.38. The predicted molar refractivity (Wildman–Crippen MR) is 105 cm³/mol. The Morgan fingerprint density at radius 3 is 1.62 bits per heavy atom. The van der Waals surface area contributed by atoms with E-state index in [0.717, 1.165) is 18.3 Å². The molecule has 0 radical (unpaired) electrons. The molecule has 0 aromatic rings. The van der Waals surface area contributed by atoms with Crippen molar-refractivity contribution >= 4 is 5.97 Å². The molecule has 0 saturated heterocycles. The minimum Gasteiger partial charge on any atom is -0.469 e. The third-order valence-electron chi connectivity index (χ3n) is 5.41. The van der Waals surface area contributed by atoms with Crippen LogP contribution in [0.4, 0.5) is 0 Å². The van der Waals surface area contributed by atoms with E-state index in [1.165, 1.54) is 77.7 Å². The summed E-state index contributed by atoms with van der Waals surface area (Å²) in [7, 11) is 1.47. The van der Waals surface area contributed by atoms with Gasteiger partial charge in [-0.25, -0.2) is 0 Å². The first kappa shape index (κ1) is 23.5. The fourth-order valence-electron chi connectivity index (χ4n) is 3.45. The Balaban J connectivity index is 3.51. The third-order valence-corrected chi connectivity index (χ3v) is 5.41. The second-order valence-corrected chi connectivity index (χ2v) is 8.14. The van der Waals surface area contributed by atoms with Crippen molar-refractivity contribution in [3.05, 3.63) is 0 Å². The van der Waals surface area contributed by atoms with Gasteiger partial charge in [0.25, 0.3) is 0 Å². The first-order valence-corrected chi connectivity index (χ1v) is 10.6. The number of ether oxygens (including phenoxy) is 1. The summed E-state index contributed by atoms with van der Waals surface area (Å²) in [5.41, 5.74) is 0. The van der Waals surface area contributed by atoms with Gasteiger partial charge in [0.1, 0.15) is 0 Å². The third kappa shape index (κ3) is 15.0. The van der Waals surface area contributed by atoms with Crippen LogP contribution in [0, 0.1) is 17.8 Å². The maximum absolute atomic E-state index is 11.1. The monoisotopic (exact) mass is 340 g/mol. The maximum Gasteiger partial charge on any atom is 0.305 e. The lowest BCUT2D eigenvalue weighted by Crippen LogP contribution is -2.05. The SMILES string of the molecule is CCCCCCC(C)CCCC(C)CCCC(C)CCC(=O)OC. The standard InChI is InChI=1S/C22H44O2/c1-6-7-8-9-12-19(2)13-10-14-20(3)15-11-16-21(4)17-18-22(23)24-5/h19-21H,6-18H2,1-5H3. The maximum atomic E-state index is 11.1. The minimum atomic E-state index is -0.0703. The van der Waals surface area contributed by atoms with Gasteiger partial charge in [-0.2, -0.15) is 0 Å². The molecule has 2 nitrogen and oxygen atoms in total. The Morgan fingerprint density at radius 2 is 1.17 bits per heavy atom. The zero-order chi connectivity index (χ0) is 18.2. The molecule has 0 aliphatic carbocycles. The van der Waals surface area contributed by atoms with Crippen molar-refractivity contribution in [2.24, 2.45) is 17.8 Å². The molecule has 0 N–H and O–H groups in total. The summed E-state index contributed by atoms with van der Waals surface area (Å²) in [5, 5.41) is 0. The van der Waals surface area contributed by atoms with Gasteiger partial charge in [0.15, 0.2) is 0 Å². The zero-order valence-electron chi connectivity index (χ0n) is 17.2. The van der Waals surface area contributed by atoms with E-state index in [-0.39, 0.29) is 5.97 Å². The van der Waals surface area contributed by atoms with Crippen LogP contribution in [0.15, 0.2) is 0 Å². The van der Waals surface area contributed by atoms with Gasteiger partial charge in [0.2, 0.25) is 0 Å². The van der Waals surface area contributed by atoms with Crippen molar-refractivity contribution in [2.45, 2.75) is 111 Å². The van der Waals surface area contributed by atoms with Crippen molar-refractivity contribution in [1.29, 1.82) is 0 Å². The summed E-state index contributed by atoms with van der Waals surface area (Å²) >= 11 is 0. The van der Waals surface area contributed by atoms with Gasteiger partial charge in [0.05, 0.1) is 7.11 Å². The molecule has 2 heteroatoms. The lowest BCUT2D eigenvalue weighted by atomic mass is 9.91. The fourth-order valence-corrected chi connectivity index (χ4v) is 3.45. The number of unbranched alkanes of at least 4 members (excludes halogenated alkanes) is 3. The Bertz CT molecular complexity index is 288. The highest BCUT2D eigenvalue weighted by atomic mass is 16.5. The quantitative estimate of drug-likeness (QED) is 0.220. The van der Waals surface area contributed by atoms with Crippen LogP contribution in [0.2, 0.25) is 0 Å². The molecular weight excluding hydrogens is 296 g/mol. The summed E-state index contributed by atoms with van der Waals surface area (Å²) in [6.07, 6.45) is 16.6. The van der Waals surface area contributed by atoms with Crippen molar-refractivity contribution in [3.63, 3.8) is 0 Å². The minimum absolute atomic E-state index is 0.0703. The van der Waals surface area contributed by atoms with Crippen molar-refractivity contribution in [1.82, 2.24) is 0 Å². The van der Waals surface area contributed by atoms with Crippen LogP contribution in [-0.4, -0.2) is 13.1 Å². The fraction of sp³-hybridized carbons (Fsp3) is 0.955. The van der Waals surface area contributed by atoms with Crippen LogP contribution >= 0.6 is 0 Å². The molecule has 0 amide bonds. The lowest BCUT2D eigenvalue weighted by Gasteiger charge is -2.16. The molecule has 0 spiro atoms. The summed E-state index contributed by atoms with van der Waals surface area (Å²) < 4.78 is 4.70. The highest BCUT2D eigenvalue weighted by Crippen LogP contribution is 2.22. The van der Waals surface area contributed by atoms with Gasteiger partial charge in [-0.05, 0) is 24.2 Å². The summed E-state index contributed by atoms with van der Waals surface area (Å²) in [4.78, 5) is 11.1. The van der Waals surface area contributed by atoms with Crippen molar-refractivity contribution in [3.8, 4) is 0 Å². The van der Waals surface area contributed by atoms with E-state index < -0.39 is 0 Å². The number of methoxy groups -OCH3 is 1. The molecule has 0 rings (SSSR count). The first-order valence-electron chi connectivity index (χ1n) is 10.6. The highest BCUT2D eigenvalue weighted by Gasteiger charge is 2.09. The number of carbonyl (C=O) groups excluding carboxylic acids is 1. The van der Waals surface area contributed by atoms with Gasteiger partial charge in [-0.15, -0.1) is 0 Å². The Labute approximate surface area is 152 Å². The van der Waals surface area contributed by atoms with E-state index in [9.17, 15) is 4.79 Å². The van der Waals surface area contributed by atoms with Crippen LogP contribution in [-0.2, 0) is 9.53 Å². The smallest absolute Gasteiger partial charge is 0.305 e. The molecule has 3 unspecified atom stereocenters. The Kier molecular flexibility index (Phi) is 15.6. The molecule has 0 saturated carbocycles. The molecule has 3 atom stereocenters. The predicted octanol–water partition coefficient (Wildman–Crippen LogP) is 7.16. The molecule has 0 fully saturated rings. The van der Waals surface area contributed by atoms with Gasteiger partial charge < -0.3 is 4.74 Å². The summed E-state index contributed by atoms with van der Waals surface area (Å²) in [5.74, 6) is 2.33. The Hall–Kier alpha value is -0.530. The molecular formula is C22H44O2. The number of hydrogen-bond acceptors (Lipinski definition) is 2. The number of hydrogen-bond donors (Lipinski definition) is 0. The highest BCUT2D eigenvalue weighted by molar-refractivity contribution is 5.69. The molecule has 0 bridgehead atoms. The average Bonchev–Trinajstić information content (AvgIpc) is 2.56. The average molecular weight is 341 g/mol. The van der Waals surface area contributed by atoms with E-state index in [2.05, 4.69) is 27.7 Å². The normalized spacial score (nSPS) is 15.0. The van der Waals surface area contributed by atoms with Crippen LogP contribution in [0.5, 0.6) is 0 Å². The van der Waals surface area contributed by atoms with Crippen LogP contribution in [0.1, 0.15) is 111 Å². The lowest BCUT2D eigenvalue weighted by molar-refractivity contribution is -0.140. The molecule has 0 aliphatic rings. The van der Waals surface area contributed by atoms with Crippen molar-refractivity contribution in [2.75, 3.05) is 7.11 Å². The van der Waals surface area contributed by atoms with E-state index in [4.69, 9.17) is 4.74 Å². The topological polar surface area (TPSA) is 26.3 Å². The second-order valence-electron chi connectivity index (χ2n) is 8.14. The van der Waals surface area contributed by atoms with E-state index in [1.54, 1.807) is 0 Å². The summed E-state index contributed by atoms with van der Waals surface area (Å²) in [6, 6.07) is 0. The number of rotatable bonds is 16. The first-order chi connectivity index (χ1) is 11.5. The van der Waals surface area contributed by atoms with E-state index in [0.29, 0.717) is 12.3 Å². The molecule has 144 valence electrons. The molecule has 0 aliphatic heterocycles. The largest absolute Gasteiger partial charge is 0.469 e. The second kappa shape index (κ2) is 16.0. The van der Waals surface area contributed by atoms with Crippen LogP contribution < -0.4 is 0 Å². The molecule has 0 aromatic heterocycles. The van der Waals surface area contributed by atoms with E-state index >= 15 is 0 Å². The van der Waals surface area contributed by atoms with Gasteiger partial charge in [-0.1, -0.05) is 98.3 Å². The Morgan fingerprint density at radius 1 is 0.708 bits per heavy atom. The molecule has 24 heavy (non-hydrogen) atoms. The van der Waals surface area contributed by atoms with Crippen LogP contribution in [0.25, 0.3) is 0 Å². The van der Waals surface area contributed by atoms with Crippen molar-refractivity contribution < 1.29 is 9.53 Å². The van der Waals surface area contributed by atoms with Gasteiger partial charge >= 0.3 is 5.97 Å². The van der Waals surface area contributed by atoms with Gasteiger partial charge in [-0.3, -0.25) is 4.79 Å². The molecule has 0 aromatic carbocycles. The van der Waals surface area contributed by atoms with Crippen LogP contribution in [0.3, 0.4) is 0 Å².